The quantitative estimate of drug-likeness (QED) is 0.587. The van der Waals surface area contributed by atoms with Gasteiger partial charge in [0.05, 0.1) is 5.54 Å². The summed E-state index contributed by atoms with van der Waals surface area (Å²) in [5.74, 6) is 0.745. The van der Waals surface area contributed by atoms with Gasteiger partial charge in [-0.15, -0.1) is 0 Å². The van der Waals surface area contributed by atoms with E-state index < -0.39 is 6.03 Å². The van der Waals surface area contributed by atoms with Crippen LogP contribution in [0.4, 0.5) is 4.79 Å². The number of primary amides is 1. The minimum Gasteiger partial charge on any atom is -0.352 e. The molecule has 0 atom stereocenters. The predicted molar refractivity (Wildman–Crippen MR) is 52.1 cm³/mol. The van der Waals surface area contributed by atoms with Crippen LogP contribution in [0.3, 0.4) is 0 Å². The average molecular weight is 185 g/mol. The first-order valence-corrected chi connectivity index (χ1v) is 4.86. The fourth-order valence-electron chi connectivity index (χ4n) is 1.96. The van der Waals surface area contributed by atoms with E-state index in [2.05, 4.69) is 12.2 Å². The normalized spacial score (nSPS) is 34.2. The fraction of sp³-hybridized carbons (Fsp3) is 0.889. The first kappa shape index (κ1) is 10.3. The van der Waals surface area contributed by atoms with Crippen molar-refractivity contribution in [3.63, 3.8) is 0 Å². The fourth-order valence-corrected chi connectivity index (χ4v) is 1.96. The summed E-state index contributed by atoms with van der Waals surface area (Å²) in [6.07, 6.45) is 4.15. The minimum absolute atomic E-state index is 0.224. The first-order valence-electron chi connectivity index (χ1n) is 4.86. The van der Waals surface area contributed by atoms with Crippen LogP contribution < -0.4 is 16.8 Å². The third kappa shape index (κ3) is 2.59. The third-order valence-corrected chi connectivity index (χ3v) is 3.01. The Morgan fingerprint density at radius 2 is 2.08 bits per heavy atom. The molecule has 0 aromatic heterocycles. The summed E-state index contributed by atoms with van der Waals surface area (Å²) >= 11 is 0. The number of carbonyl (C=O) groups is 1. The Kier molecular flexibility index (Phi) is 3.14. The zero-order valence-corrected chi connectivity index (χ0v) is 8.18. The standard InChI is InChI=1S/C9H19N3O/c1-7-2-4-9(6-10,5-3-7)12-8(11)13/h7H,2-6,10H2,1H3,(H3,11,12,13). The van der Waals surface area contributed by atoms with Gasteiger partial charge in [-0.3, -0.25) is 0 Å². The second-order valence-electron chi connectivity index (χ2n) is 4.16. The SMILES string of the molecule is CC1CCC(CN)(NC(N)=O)CC1. The van der Waals surface area contributed by atoms with Crippen LogP contribution in [-0.2, 0) is 0 Å². The number of nitrogens with two attached hydrogens (primary N) is 2. The van der Waals surface area contributed by atoms with E-state index in [0.717, 1.165) is 31.6 Å². The van der Waals surface area contributed by atoms with Crippen LogP contribution in [0.2, 0.25) is 0 Å². The van der Waals surface area contributed by atoms with E-state index in [-0.39, 0.29) is 5.54 Å². The Morgan fingerprint density at radius 1 is 1.54 bits per heavy atom. The largest absolute Gasteiger partial charge is 0.352 e. The number of amides is 2. The van der Waals surface area contributed by atoms with Gasteiger partial charge in [0.1, 0.15) is 0 Å². The molecule has 76 valence electrons. The van der Waals surface area contributed by atoms with Crippen LogP contribution in [0.15, 0.2) is 0 Å². The number of urea groups is 1. The molecule has 0 heterocycles. The van der Waals surface area contributed by atoms with Crippen molar-refractivity contribution in [3.8, 4) is 0 Å². The van der Waals surface area contributed by atoms with E-state index in [4.69, 9.17) is 11.5 Å². The molecule has 2 amide bonds. The third-order valence-electron chi connectivity index (χ3n) is 3.01. The Bertz CT molecular complexity index is 185. The summed E-state index contributed by atoms with van der Waals surface area (Å²) in [5.41, 5.74) is 10.6. The van der Waals surface area contributed by atoms with E-state index in [0.29, 0.717) is 6.54 Å². The molecule has 1 aliphatic carbocycles. The van der Waals surface area contributed by atoms with Gasteiger partial charge in [-0.25, -0.2) is 4.79 Å². The molecule has 5 N–H and O–H groups in total. The van der Waals surface area contributed by atoms with Crippen LogP contribution in [0.5, 0.6) is 0 Å². The Balaban J connectivity index is 2.55. The highest BCUT2D eigenvalue weighted by Gasteiger charge is 2.33. The number of hydrogen-bond acceptors (Lipinski definition) is 2. The summed E-state index contributed by atoms with van der Waals surface area (Å²) in [6, 6.07) is -0.458. The van der Waals surface area contributed by atoms with Gasteiger partial charge >= 0.3 is 6.03 Å². The molecule has 0 aliphatic heterocycles. The van der Waals surface area contributed by atoms with Gasteiger partial charge in [0.15, 0.2) is 0 Å². The van der Waals surface area contributed by atoms with Crippen LogP contribution in [0.25, 0.3) is 0 Å². The molecule has 0 aromatic rings. The molecule has 1 fully saturated rings. The van der Waals surface area contributed by atoms with Crippen LogP contribution in [0, 0.1) is 5.92 Å². The summed E-state index contributed by atoms with van der Waals surface area (Å²) in [7, 11) is 0. The summed E-state index contributed by atoms with van der Waals surface area (Å²) in [5, 5.41) is 2.78. The van der Waals surface area contributed by atoms with E-state index in [1.807, 2.05) is 0 Å². The highest BCUT2D eigenvalue weighted by atomic mass is 16.2. The molecule has 1 rings (SSSR count). The van der Waals surface area contributed by atoms with Gasteiger partial charge in [0, 0.05) is 6.54 Å². The van der Waals surface area contributed by atoms with Crippen molar-refractivity contribution in [1.82, 2.24) is 5.32 Å². The van der Waals surface area contributed by atoms with Crippen molar-refractivity contribution < 1.29 is 4.79 Å². The molecule has 0 radical (unpaired) electrons. The predicted octanol–water partition coefficient (Wildman–Crippen LogP) is 0.562. The Morgan fingerprint density at radius 3 is 2.46 bits per heavy atom. The molecule has 0 saturated heterocycles. The van der Waals surface area contributed by atoms with Gasteiger partial charge in [-0.05, 0) is 31.6 Å². The molecule has 0 unspecified atom stereocenters. The molecule has 4 heteroatoms. The molecule has 13 heavy (non-hydrogen) atoms. The lowest BCUT2D eigenvalue weighted by atomic mass is 9.77. The molecular weight excluding hydrogens is 166 g/mol. The molecule has 0 bridgehead atoms. The Hall–Kier alpha value is -0.770. The molecule has 4 nitrogen and oxygen atoms in total. The highest BCUT2D eigenvalue weighted by Crippen LogP contribution is 2.30. The second-order valence-corrected chi connectivity index (χ2v) is 4.16. The number of carbonyl (C=O) groups excluding carboxylic acids is 1. The first-order chi connectivity index (χ1) is 6.08. The topological polar surface area (TPSA) is 81.1 Å². The summed E-state index contributed by atoms with van der Waals surface area (Å²) in [6.45, 7) is 2.72. The average Bonchev–Trinajstić information content (AvgIpc) is 2.09. The van der Waals surface area contributed by atoms with Crippen LogP contribution in [-0.4, -0.2) is 18.1 Å². The van der Waals surface area contributed by atoms with E-state index in [9.17, 15) is 4.79 Å². The lowest BCUT2D eigenvalue weighted by Crippen LogP contribution is -2.56. The minimum atomic E-state index is -0.458. The van der Waals surface area contributed by atoms with E-state index >= 15 is 0 Å². The maximum Gasteiger partial charge on any atom is 0.312 e. The monoisotopic (exact) mass is 185 g/mol. The van der Waals surface area contributed by atoms with Crippen molar-refractivity contribution in [3.05, 3.63) is 0 Å². The molecule has 1 aliphatic rings. The number of rotatable bonds is 2. The molecule has 1 saturated carbocycles. The van der Waals surface area contributed by atoms with E-state index in [1.165, 1.54) is 0 Å². The molecular formula is C9H19N3O. The second kappa shape index (κ2) is 3.96. The lowest BCUT2D eigenvalue weighted by Gasteiger charge is -2.38. The van der Waals surface area contributed by atoms with Gasteiger partial charge in [-0.1, -0.05) is 6.92 Å². The maximum atomic E-state index is 10.8. The summed E-state index contributed by atoms with van der Waals surface area (Å²) in [4.78, 5) is 10.8. The highest BCUT2D eigenvalue weighted by molar-refractivity contribution is 5.72. The molecule has 0 aromatic carbocycles. The Labute approximate surface area is 79.0 Å². The number of nitrogens with one attached hydrogen (secondary N) is 1. The van der Waals surface area contributed by atoms with E-state index in [1.54, 1.807) is 0 Å². The van der Waals surface area contributed by atoms with Crippen LogP contribution in [0.1, 0.15) is 32.6 Å². The van der Waals surface area contributed by atoms with Gasteiger partial charge in [-0.2, -0.15) is 0 Å². The smallest absolute Gasteiger partial charge is 0.312 e. The van der Waals surface area contributed by atoms with Gasteiger partial charge in [0.2, 0.25) is 0 Å². The van der Waals surface area contributed by atoms with Crippen molar-refractivity contribution >= 4 is 6.03 Å². The van der Waals surface area contributed by atoms with Crippen molar-refractivity contribution in [2.24, 2.45) is 17.4 Å². The van der Waals surface area contributed by atoms with Gasteiger partial charge < -0.3 is 16.8 Å². The van der Waals surface area contributed by atoms with Crippen molar-refractivity contribution in [2.75, 3.05) is 6.54 Å². The zero-order chi connectivity index (χ0) is 9.90. The molecule has 0 spiro atoms. The zero-order valence-electron chi connectivity index (χ0n) is 8.18. The summed E-state index contributed by atoms with van der Waals surface area (Å²) < 4.78 is 0. The van der Waals surface area contributed by atoms with Gasteiger partial charge in [0.25, 0.3) is 0 Å². The van der Waals surface area contributed by atoms with Crippen molar-refractivity contribution in [2.45, 2.75) is 38.1 Å². The van der Waals surface area contributed by atoms with Crippen molar-refractivity contribution in [1.29, 1.82) is 0 Å². The number of hydrogen-bond donors (Lipinski definition) is 3. The maximum absolute atomic E-state index is 10.8. The van der Waals surface area contributed by atoms with Crippen LogP contribution >= 0.6 is 0 Å². The lowest BCUT2D eigenvalue weighted by molar-refractivity contribution is 0.194.